The third-order valence-electron chi connectivity index (χ3n) is 0.866. The highest BCUT2D eigenvalue weighted by Crippen LogP contribution is 2.39. The predicted octanol–water partition coefficient (Wildman–Crippen LogP) is 1.53. The van der Waals surface area contributed by atoms with E-state index in [0.29, 0.717) is 0 Å². The Hall–Kier alpha value is 0.0300. The molecule has 0 bridgehead atoms. The summed E-state index contributed by atoms with van der Waals surface area (Å²) in [7, 11) is 0. The van der Waals surface area contributed by atoms with Gasteiger partial charge in [0, 0.05) is 13.0 Å². The fourth-order valence-corrected chi connectivity index (χ4v) is 0.403. The minimum atomic E-state index is -4.35. The van der Waals surface area contributed by atoms with Crippen molar-refractivity contribution in [2.24, 2.45) is 0 Å². The molecule has 0 aliphatic rings. The average Bonchev–Trinajstić information content (AvgIpc) is 1.61. The Labute approximate surface area is 60.4 Å². The average molecular weight is 178 g/mol. The molecule has 0 amide bonds. The van der Waals surface area contributed by atoms with Crippen molar-refractivity contribution in [3.8, 4) is 0 Å². The summed E-state index contributed by atoms with van der Waals surface area (Å²) in [6.45, 7) is -0.983. The number of hydrogen-bond acceptors (Lipinski definition) is 2. The van der Waals surface area contributed by atoms with Crippen LogP contribution in [-0.2, 0) is 0 Å². The second-order valence-corrected chi connectivity index (χ2v) is 2.28. The zero-order valence-electron chi connectivity index (χ0n) is 4.82. The van der Waals surface area contributed by atoms with Gasteiger partial charge in [-0.05, 0) is 0 Å². The van der Waals surface area contributed by atoms with Gasteiger partial charge >= 0.3 is 11.2 Å². The monoisotopic (exact) mass is 178 g/mol. The van der Waals surface area contributed by atoms with Crippen LogP contribution in [0.5, 0.6) is 0 Å². The predicted molar refractivity (Wildman–Crippen MR) is 30.6 cm³/mol. The standard InChI is InChI=1S/C4H6F4OS/c5-3(6,1-2-9)4(7,8)10/h9-10H,1-2H2. The lowest BCUT2D eigenvalue weighted by molar-refractivity contribution is -0.159. The first-order valence-corrected chi connectivity index (χ1v) is 2.85. The SMILES string of the molecule is OCCC(F)(F)C(F)(F)S. The topological polar surface area (TPSA) is 20.2 Å². The van der Waals surface area contributed by atoms with Crippen molar-refractivity contribution < 1.29 is 22.7 Å². The van der Waals surface area contributed by atoms with E-state index in [4.69, 9.17) is 5.11 Å². The number of aliphatic hydroxyl groups is 1. The molecule has 0 aromatic rings. The van der Waals surface area contributed by atoms with Gasteiger partial charge in [0.2, 0.25) is 0 Å². The van der Waals surface area contributed by atoms with Gasteiger partial charge < -0.3 is 5.11 Å². The van der Waals surface area contributed by atoms with E-state index in [0.717, 1.165) is 0 Å². The zero-order valence-corrected chi connectivity index (χ0v) is 5.71. The Morgan fingerprint density at radius 3 is 1.70 bits per heavy atom. The van der Waals surface area contributed by atoms with Gasteiger partial charge in [0.25, 0.3) is 0 Å². The summed E-state index contributed by atoms with van der Waals surface area (Å²) in [5.74, 6) is -4.23. The quantitative estimate of drug-likeness (QED) is 0.496. The molecule has 0 saturated carbocycles. The highest BCUT2D eigenvalue weighted by Gasteiger charge is 2.52. The van der Waals surface area contributed by atoms with Gasteiger partial charge in [0.05, 0.1) is 0 Å². The number of hydrogen-bond donors (Lipinski definition) is 2. The molecule has 0 fully saturated rings. The van der Waals surface area contributed by atoms with E-state index in [1.807, 2.05) is 0 Å². The second-order valence-electron chi connectivity index (χ2n) is 1.72. The molecule has 62 valence electrons. The summed E-state index contributed by atoms with van der Waals surface area (Å²) in [4.78, 5) is 0. The van der Waals surface area contributed by atoms with Crippen LogP contribution in [0.25, 0.3) is 0 Å². The maximum absolute atomic E-state index is 11.9. The van der Waals surface area contributed by atoms with Crippen LogP contribution in [0.2, 0.25) is 0 Å². The lowest BCUT2D eigenvalue weighted by atomic mass is 10.2. The van der Waals surface area contributed by atoms with Crippen molar-refractivity contribution in [2.45, 2.75) is 17.6 Å². The summed E-state index contributed by atoms with van der Waals surface area (Å²) in [5.41, 5.74) is 0. The summed E-state index contributed by atoms with van der Waals surface area (Å²) in [6.07, 6.45) is -1.27. The van der Waals surface area contributed by atoms with E-state index < -0.39 is 24.2 Å². The van der Waals surface area contributed by atoms with Crippen molar-refractivity contribution in [1.29, 1.82) is 0 Å². The maximum Gasteiger partial charge on any atom is 0.353 e. The number of alkyl halides is 4. The molecule has 0 spiro atoms. The van der Waals surface area contributed by atoms with E-state index in [-0.39, 0.29) is 0 Å². The normalized spacial score (nSPS) is 13.8. The molecule has 0 heterocycles. The fraction of sp³-hybridized carbons (Fsp3) is 1.00. The van der Waals surface area contributed by atoms with Gasteiger partial charge in [0.1, 0.15) is 0 Å². The number of thiol groups is 1. The van der Waals surface area contributed by atoms with Crippen LogP contribution >= 0.6 is 12.6 Å². The van der Waals surface area contributed by atoms with E-state index in [9.17, 15) is 17.6 Å². The highest BCUT2D eigenvalue weighted by atomic mass is 32.1. The molecule has 0 rings (SSSR count). The number of halogens is 4. The third-order valence-corrected chi connectivity index (χ3v) is 1.19. The molecule has 1 N–H and O–H groups in total. The van der Waals surface area contributed by atoms with Crippen LogP contribution in [0.15, 0.2) is 0 Å². The Bertz CT molecular complexity index is 110. The van der Waals surface area contributed by atoms with Crippen LogP contribution in [0.3, 0.4) is 0 Å². The second kappa shape index (κ2) is 2.96. The van der Waals surface area contributed by atoms with E-state index in [1.54, 1.807) is 0 Å². The first-order valence-electron chi connectivity index (χ1n) is 2.40. The Morgan fingerprint density at radius 2 is 1.60 bits per heavy atom. The Kier molecular flexibility index (Phi) is 2.97. The van der Waals surface area contributed by atoms with Gasteiger partial charge in [0.15, 0.2) is 0 Å². The molecule has 0 aliphatic heterocycles. The molecular weight excluding hydrogens is 172 g/mol. The van der Waals surface area contributed by atoms with Crippen LogP contribution < -0.4 is 0 Å². The molecule has 0 atom stereocenters. The first-order chi connectivity index (χ1) is 4.31. The summed E-state index contributed by atoms with van der Waals surface area (Å²) >= 11 is 2.37. The van der Waals surface area contributed by atoms with Gasteiger partial charge in [-0.1, -0.05) is 12.6 Å². The lowest BCUT2D eigenvalue weighted by Crippen LogP contribution is -2.36. The van der Waals surface area contributed by atoms with Crippen molar-refractivity contribution >= 4 is 12.6 Å². The molecule has 0 saturated heterocycles. The van der Waals surface area contributed by atoms with Crippen LogP contribution in [-0.4, -0.2) is 22.9 Å². The maximum atomic E-state index is 11.9. The van der Waals surface area contributed by atoms with Crippen LogP contribution in [0, 0.1) is 0 Å². The Balaban J connectivity index is 4.10. The largest absolute Gasteiger partial charge is 0.396 e. The molecule has 0 aromatic carbocycles. The van der Waals surface area contributed by atoms with Gasteiger partial charge in [-0.15, -0.1) is 0 Å². The molecule has 0 radical (unpaired) electrons. The minimum absolute atomic E-state index is 0.983. The van der Waals surface area contributed by atoms with E-state index in [2.05, 4.69) is 12.6 Å². The molecule has 10 heavy (non-hydrogen) atoms. The fourth-order valence-electron chi connectivity index (χ4n) is 0.291. The molecular formula is C4H6F4OS. The van der Waals surface area contributed by atoms with Gasteiger partial charge in [-0.25, -0.2) is 0 Å². The smallest absolute Gasteiger partial charge is 0.353 e. The van der Waals surface area contributed by atoms with Crippen molar-refractivity contribution in [3.63, 3.8) is 0 Å². The highest BCUT2D eigenvalue weighted by molar-refractivity contribution is 7.81. The lowest BCUT2D eigenvalue weighted by Gasteiger charge is -2.20. The zero-order chi connectivity index (χ0) is 8.41. The number of rotatable bonds is 3. The van der Waals surface area contributed by atoms with Crippen LogP contribution in [0.4, 0.5) is 17.6 Å². The van der Waals surface area contributed by atoms with E-state index >= 15 is 0 Å². The molecule has 0 aromatic heterocycles. The molecule has 0 aliphatic carbocycles. The third kappa shape index (κ3) is 2.34. The van der Waals surface area contributed by atoms with Gasteiger partial charge in [-0.3, -0.25) is 0 Å². The first kappa shape index (κ1) is 10.0. The number of aliphatic hydroxyl groups excluding tert-OH is 1. The molecule has 0 unspecified atom stereocenters. The van der Waals surface area contributed by atoms with Crippen molar-refractivity contribution in [2.75, 3.05) is 6.61 Å². The van der Waals surface area contributed by atoms with Crippen LogP contribution in [0.1, 0.15) is 6.42 Å². The minimum Gasteiger partial charge on any atom is -0.396 e. The summed E-state index contributed by atoms with van der Waals surface area (Å²) in [6, 6.07) is 0. The Morgan fingerprint density at radius 1 is 1.20 bits per heavy atom. The van der Waals surface area contributed by atoms with Gasteiger partial charge in [-0.2, -0.15) is 17.6 Å². The summed E-state index contributed by atoms with van der Waals surface area (Å²) < 4.78 is 47.3. The molecule has 6 heteroatoms. The molecule has 1 nitrogen and oxygen atoms in total. The van der Waals surface area contributed by atoms with Crippen molar-refractivity contribution in [3.05, 3.63) is 0 Å². The summed E-state index contributed by atoms with van der Waals surface area (Å²) in [5, 5.41) is 3.57. The van der Waals surface area contributed by atoms with E-state index in [1.165, 1.54) is 0 Å². The van der Waals surface area contributed by atoms with Crippen molar-refractivity contribution in [1.82, 2.24) is 0 Å².